The average Bonchev–Trinajstić information content (AvgIpc) is 2.03. The molecule has 10 heavy (non-hydrogen) atoms. The number of nitrogens with one attached hydrogen (secondary N) is 1. The third-order valence-corrected chi connectivity index (χ3v) is 2.13. The zero-order chi connectivity index (χ0) is 7.23. The number of rotatable bonds is 3. The van der Waals surface area contributed by atoms with E-state index in [0.717, 1.165) is 19.1 Å². The van der Waals surface area contributed by atoms with Crippen molar-refractivity contribution in [2.75, 3.05) is 25.3 Å². The minimum atomic E-state index is 0.612. The van der Waals surface area contributed by atoms with Gasteiger partial charge in [0.2, 0.25) is 0 Å². The van der Waals surface area contributed by atoms with Gasteiger partial charge in [-0.25, -0.2) is 0 Å². The number of hydrogen-bond donors (Lipinski definition) is 1. The van der Waals surface area contributed by atoms with Crippen molar-refractivity contribution in [3.05, 3.63) is 0 Å². The van der Waals surface area contributed by atoms with E-state index in [4.69, 9.17) is 4.74 Å². The Bertz CT molecular complexity index is 83.7. The van der Waals surface area contributed by atoms with Gasteiger partial charge in [-0.05, 0) is 19.1 Å². The van der Waals surface area contributed by atoms with Crippen LogP contribution in [0, 0.1) is 0 Å². The third-order valence-electron chi connectivity index (χ3n) is 1.68. The smallest absolute Gasteiger partial charge is 0.0619 e. The molecule has 0 unspecified atom stereocenters. The van der Waals surface area contributed by atoms with Crippen LogP contribution in [0.4, 0.5) is 0 Å². The van der Waals surface area contributed by atoms with Crippen LogP contribution >= 0.6 is 11.8 Å². The molecule has 1 fully saturated rings. The summed E-state index contributed by atoms with van der Waals surface area (Å²) in [7, 11) is 0. The van der Waals surface area contributed by atoms with E-state index in [1.807, 2.05) is 11.8 Å². The minimum absolute atomic E-state index is 0.612. The third kappa shape index (κ3) is 2.90. The van der Waals surface area contributed by atoms with Crippen LogP contribution in [0.3, 0.4) is 0 Å². The summed E-state index contributed by atoms with van der Waals surface area (Å²) in [5.41, 5.74) is 0. The molecule has 1 atom stereocenters. The molecule has 1 heterocycles. The van der Waals surface area contributed by atoms with E-state index < -0.39 is 0 Å². The standard InChI is InChI=1S/C7H15NOS/c1-10-6-8-7-3-2-4-9-5-7/h7-8H,2-6H2,1H3/t7-/m1/s1. The lowest BCUT2D eigenvalue weighted by Crippen LogP contribution is -2.36. The average molecular weight is 161 g/mol. The molecule has 1 N–H and O–H groups in total. The van der Waals surface area contributed by atoms with Crippen LogP contribution in [0.1, 0.15) is 12.8 Å². The maximum atomic E-state index is 5.31. The second-order valence-electron chi connectivity index (χ2n) is 2.55. The summed E-state index contributed by atoms with van der Waals surface area (Å²) >= 11 is 1.83. The highest BCUT2D eigenvalue weighted by Crippen LogP contribution is 2.05. The zero-order valence-corrected chi connectivity index (χ0v) is 7.25. The van der Waals surface area contributed by atoms with Gasteiger partial charge in [0.05, 0.1) is 6.61 Å². The lowest BCUT2D eigenvalue weighted by molar-refractivity contribution is 0.0725. The topological polar surface area (TPSA) is 21.3 Å². The Morgan fingerprint density at radius 2 is 2.60 bits per heavy atom. The van der Waals surface area contributed by atoms with Gasteiger partial charge in [0.25, 0.3) is 0 Å². The van der Waals surface area contributed by atoms with Crippen molar-refractivity contribution in [1.82, 2.24) is 5.32 Å². The van der Waals surface area contributed by atoms with Crippen molar-refractivity contribution in [2.24, 2.45) is 0 Å². The molecule has 60 valence electrons. The van der Waals surface area contributed by atoms with Gasteiger partial charge in [0.15, 0.2) is 0 Å². The van der Waals surface area contributed by atoms with Gasteiger partial charge in [-0.1, -0.05) is 0 Å². The predicted octanol–water partition coefficient (Wildman–Crippen LogP) is 1.08. The Morgan fingerprint density at radius 3 is 3.20 bits per heavy atom. The highest BCUT2D eigenvalue weighted by molar-refractivity contribution is 7.98. The fraction of sp³-hybridized carbons (Fsp3) is 1.00. The molecule has 0 aromatic heterocycles. The Balaban J connectivity index is 2.02. The molecule has 3 heteroatoms. The molecule has 2 nitrogen and oxygen atoms in total. The summed E-state index contributed by atoms with van der Waals surface area (Å²) in [4.78, 5) is 0. The maximum absolute atomic E-state index is 5.31. The largest absolute Gasteiger partial charge is 0.380 e. The first-order valence-corrected chi connectivity index (χ1v) is 5.13. The maximum Gasteiger partial charge on any atom is 0.0619 e. The van der Waals surface area contributed by atoms with Crippen molar-refractivity contribution >= 4 is 11.8 Å². The summed E-state index contributed by atoms with van der Waals surface area (Å²) in [6.07, 6.45) is 4.60. The van der Waals surface area contributed by atoms with Gasteiger partial charge < -0.3 is 10.1 Å². The molecule has 1 aliphatic heterocycles. The van der Waals surface area contributed by atoms with E-state index >= 15 is 0 Å². The molecule has 0 saturated carbocycles. The molecule has 1 rings (SSSR count). The van der Waals surface area contributed by atoms with Crippen LogP contribution < -0.4 is 5.32 Å². The van der Waals surface area contributed by atoms with Crippen molar-refractivity contribution in [2.45, 2.75) is 18.9 Å². The van der Waals surface area contributed by atoms with Crippen LogP contribution in [0.2, 0.25) is 0 Å². The van der Waals surface area contributed by atoms with E-state index in [1.54, 1.807) is 0 Å². The number of thioether (sulfide) groups is 1. The lowest BCUT2D eigenvalue weighted by Gasteiger charge is -2.22. The fourth-order valence-electron chi connectivity index (χ4n) is 1.10. The van der Waals surface area contributed by atoms with E-state index in [0.29, 0.717) is 6.04 Å². The van der Waals surface area contributed by atoms with E-state index in [9.17, 15) is 0 Å². The van der Waals surface area contributed by atoms with E-state index in [1.165, 1.54) is 12.8 Å². The summed E-state index contributed by atoms with van der Waals surface area (Å²) in [6, 6.07) is 0.612. The number of hydrogen-bond acceptors (Lipinski definition) is 3. The Morgan fingerprint density at radius 1 is 1.70 bits per heavy atom. The highest BCUT2D eigenvalue weighted by atomic mass is 32.2. The van der Waals surface area contributed by atoms with Gasteiger partial charge >= 0.3 is 0 Å². The molecule has 0 aromatic rings. The molecule has 0 amide bonds. The summed E-state index contributed by atoms with van der Waals surface area (Å²) in [5, 5.41) is 3.41. The molecule has 1 saturated heterocycles. The minimum Gasteiger partial charge on any atom is -0.380 e. The van der Waals surface area contributed by atoms with Gasteiger partial charge in [-0.2, -0.15) is 0 Å². The van der Waals surface area contributed by atoms with Crippen molar-refractivity contribution in [3.8, 4) is 0 Å². The quantitative estimate of drug-likeness (QED) is 0.626. The summed E-state index contributed by atoms with van der Waals surface area (Å²) in [5.74, 6) is 1.05. The SMILES string of the molecule is CSCN[C@@H]1CCCOC1. The van der Waals surface area contributed by atoms with Crippen molar-refractivity contribution < 1.29 is 4.74 Å². The molecule has 0 bridgehead atoms. The molecule has 0 spiro atoms. The zero-order valence-electron chi connectivity index (χ0n) is 6.43. The van der Waals surface area contributed by atoms with Gasteiger partial charge in [-0.3, -0.25) is 0 Å². The first kappa shape index (κ1) is 8.37. The second kappa shape index (κ2) is 4.99. The summed E-state index contributed by atoms with van der Waals surface area (Å²) in [6.45, 7) is 1.86. The predicted molar refractivity (Wildman–Crippen MR) is 45.4 cm³/mol. The molecule has 0 aromatic carbocycles. The molecule has 1 aliphatic rings. The summed E-state index contributed by atoms with van der Waals surface area (Å²) < 4.78 is 5.31. The lowest BCUT2D eigenvalue weighted by atomic mass is 10.1. The monoisotopic (exact) mass is 161 g/mol. The van der Waals surface area contributed by atoms with E-state index in [2.05, 4.69) is 11.6 Å². The Kier molecular flexibility index (Phi) is 4.18. The second-order valence-corrected chi connectivity index (χ2v) is 3.42. The van der Waals surface area contributed by atoms with Crippen molar-refractivity contribution in [1.29, 1.82) is 0 Å². The van der Waals surface area contributed by atoms with Gasteiger partial charge in [0.1, 0.15) is 0 Å². The van der Waals surface area contributed by atoms with Crippen LogP contribution in [-0.4, -0.2) is 31.4 Å². The van der Waals surface area contributed by atoms with Gasteiger partial charge in [-0.15, -0.1) is 11.8 Å². The molecular formula is C7H15NOS. The Labute approximate surface area is 66.7 Å². The first-order chi connectivity index (χ1) is 4.93. The highest BCUT2D eigenvalue weighted by Gasteiger charge is 2.11. The van der Waals surface area contributed by atoms with Crippen LogP contribution in [0.15, 0.2) is 0 Å². The Hall–Kier alpha value is 0.270. The van der Waals surface area contributed by atoms with Crippen LogP contribution in [0.5, 0.6) is 0 Å². The van der Waals surface area contributed by atoms with Crippen LogP contribution in [-0.2, 0) is 4.74 Å². The van der Waals surface area contributed by atoms with Crippen molar-refractivity contribution in [3.63, 3.8) is 0 Å². The van der Waals surface area contributed by atoms with Crippen LogP contribution in [0.25, 0.3) is 0 Å². The molecule has 0 aliphatic carbocycles. The molecule has 0 radical (unpaired) electrons. The van der Waals surface area contributed by atoms with E-state index in [-0.39, 0.29) is 0 Å². The first-order valence-electron chi connectivity index (χ1n) is 3.73. The normalized spacial score (nSPS) is 26.7. The number of ether oxygens (including phenoxy) is 1. The molecular weight excluding hydrogens is 146 g/mol. The fourth-order valence-corrected chi connectivity index (χ4v) is 1.51. The van der Waals surface area contributed by atoms with Gasteiger partial charge in [0, 0.05) is 18.5 Å².